The van der Waals surface area contributed by atoms with Crippen molar-refractivity contribution in [2.45, 2.75) is 0 Å². The van der Waals surface area contributed by atoms with E-state index in [1.165, 1.54) is 6.07 Å². The Morgan fingerprint density at radius 3 is 2.27 bits per heavy atom. The van der Waals surface area contributed by atoms with Gasteiger partial charge in [-0.05, 0) is 41.0 Å². The van der Waals surface area contributed by atoms with Crippen LogP contribution in [0.4, 0.5) is 0 Å². The molecule has 0 spiro atoms. The van der Waals surface area contributed by atoms with Crippen LogP contribution in [0.15, 0.2) is 91.0 Å². The summed E-state index contributed by atoms with van der Waals surface area (Å²) in [6, 6.07) is 28.8. The van der Waals surface area contributed by atoms with Gasteiger partial charge in [-0.3, -0.25) is 0 Å². The van der Waals surface area contributed by atoms with Gasteiger partial charge in [0, 0.05) is 11.6 Å². The topological polar surface area (TPSA) is 84.4 Å². The van der Waals surface area contributed by atoms with Crippen molar-refractivity contribution in [3.8, 4) is 39.8 Å². The maximum absolute atomic E-state index is 10.9. The van der Waals surface area contributed by atoms with Gasteiger partial charge < -0.3 is 19.1 Å². The molecule has 33 heavy (non-hydrogen) atoms. The molecule has 1 heterocycles. The van der Waals surface area contributed by atoms with Crippen molar-refractivity contribution in [3.63, 3.8) is 0 Å². The number of benzene rings is 4. The molecule has 0 aliphatic heterocycles. The van der Waals surface area contributed by atoms with Crippen molar-refractivity contribution < 1.29 is 18.7 Å². The minimum atomic E-state index is -3.09. The standard InChI is InChI=1S/C25H18ClN2O4P/c26-22-15-24-23(27-25(28-24)31-19-7-4-8-20(13-19)32-33(29)30)14-21(22)18-11-9-17(10-12-18)16-5-2-1-3-6-16/h1-15,33H,(H,27,28)(H,29,30). The van der Waals surface area contributed by atoms with Crippen LogP contribution in [0.25, 0.3) is 33.3 Å². The lowest BCUT2D eigenvalue weighted by atomic mass is 10.00. The summed E-state index contributed by atoms with van der Waals surface area (Å²) in [6.45, 7) is 0. The lowest BCUT2D eigenvalue weighted by Crippen LogP contribution is -1.87. The first kappa shape index (κ1) is 21.3. The fourth-order valence-corrected chi connectivity index (χ4v) is 4.16. The smallest absolute Gasteiger partial charge is 0.365 e. The normalized spacial score (nSPS) is 11.9. The second kappa shape index (κ2) is 9.12. The molecular weight excluding hydrogens is 459 g/mol. The van der Waals surface area contributed by atoms with E-state index in [9.17, 15) is 4.57 Å². The van der Waals surface area contributed by atoms with Crippen LogP contribution in [-0.2, 0) is 4.57 Å². The minimum absolute atomic E-state index is 0.235. The molecule has 0 aliphatic rings. The van der Waals surface area contributed by atoms with Gasteiger partial charge in [-0.25, -0.2) is 4.57 Å². The van der Waals surface area contributed by atoms with Crippen molar-refractivity contribution in [2.24, 2.45) is 0 Å². The van der Waals surface area contributed by atoms with Crippen LogP contribution in [0, 0.1) is 0 Å². The van der Waals surface area contributed by atoms with Gasteiger partial charge in [0.25, 0.3) is 6.01 Å². The number of aromatic nitrogens is 2. The van der Waals surface area contributed by atoms with E-state index in [1.54, 1.807) is 18.2 Å². The number of nitrogens with one attached hydrogen (secondary N) is 1. The third kappa shape index (κ3) is 4.78. The molecule has 8 heteroatoms. The van der Waals surface area contributed by atoms with E-state index < -0.39 is 8.25 Å². The first-order chi connectivity index (χ1) is 16.0. The average molecular weight is 477 g/mol. The molecule has 0 aliphatic carbocycles. The van der Waals surface area contributed by atoms with Crippen LogP contribution in [0.1, 0.15) is 0 Å². The fraction of sp³-hybridized carbons (Fsp3) is 0. The fourth-order valence-electron chi connectivity index (χ4n) is 3.56. The van der Waals surface area contributed by atoms with Crippen LogP contribution in [-0.4, -0.2) is 14.9 Å². The molecule has 1 unspecified atom stereocenters. The SMILES string of the molecule is O=[PH](O)Oc1cccc(Oc2nc3cc(-c4ccc(-c5ccccc5)cc4)c(Cl)cc3[nH]2)c1. The summed E-state index contributed by atoms with van der Waals surface area (Å²) in [5, 5.41) is 0.591. The molecule has 0 saturated carbocycles. The van der Waals surface area contributed by atoms with E-state index in [1.807, 2.05) is 42.5 Å². The Bertz CT molecular complexity index is 1450. The number of H-pyrrole nitrogens is 1. The number of rotatable bonds is 6. The summed E-state index contributed by atoms with van der Waals surface area (Å²) in [6.07, 6.45) is 0. The second-order valence-electron chi connectivity index (χ2n) is 7.28. The number of aromatic amines is 1. The van der Waals surface area contributed by atoms with Crippen LogP contribution < -0.4 is 9.26 Å². The zero-order chi connectivity index (χ0) is 22.8. The van der Waals surface area contributed by atoms with E-state index in [4.69, 9.17) is 25.8 Å². The number of nitrogens with zero attached hydrogens (tertiary/aromatic N) is 1. The molecule has 1 aromatic heterocycles. The number of hydrogen-bond acceptors (Lipinski definition) is 4. The quantitative estimate of drug-likeness (QED) is 0.255. The number of hydrogen-bond donors (Lipinski definition) is 2. The van der Waals surface area contributed by atoms with Gasteiger partial charge in [0.05, 0.1) is 16.1 Å². The molecule has 2 N–H and O–H groups in total. The molecule has 0 amide bonds. The van der Waals surface area contributed by atoms with Crippen LogP contribution in [0.3, 0.4) is 0 Å². The molecule has 6 nitrogen and oxygen atoms in total. The predicted molar refractivity (Wildman–Crippen MR) is 130 cm³/mol. The van der Waals surface area contributed by atoms with Crippen LogP contribution in [0.2, 0.25) is 5.02 Å². The second-order valence-corrected chi connectivity index (χ2v) is 8.42. The Labute approximate surface area is 195 Å². The molecule has 0 radical (unpaired) electrons. The van der Waals surface area contributed by atoms with Crippen LogP contribution >= 0.6 is 19.9 Å². The highest BCUT2D eigenvalue weighted by atomic mass is 35.5. The monoisotopic (exact) mass is 476 g/mol. The van der Waals surface area contributed by atoms with E-state index in [2.05, 4.69) is 34.2 Å². The Morgan fingerprint density at radius 2 is 1.52 bits per heavy atom. The van der Waals surface area contributed by atoms with Crippen molar-refractivity contribution in [2.75, 3.05) is 0 Å². The number of imidazole rings is 1. The Kier molecular flexibility index (Phi) is 5.88. The van der Waals surface area contributed by atoms with E-state index in [0.29, 0.717) is 16.3 Å². The van der Waals surface area contributed by atoms with E-state index in [0.717, 1.165) is 27.8 Å². The average Bonchev–Trinajstić information content (AvgIpc) is 3.20. The molecule has 0 fully saturated rings. The van der Waals surface area contributed by atoms with E-state index >= 15 is 0 Å². The summed E-state index contributed by atoms with van der Waals surface area (Å²) in [7, 11) is -3.09. The van der Waals surface area contributed by atoms with Gasteiger partial charge in [0.2, 0.25) is 0 Å². The van der Waals surface area contributed by atoms with Crippen molar-refractivity contribution >= 4 is 30.9 Å². The molecular formula is C25H18ClN2O4P. The molecule has 0 saturated heterocycles. The zero-order valence-corrected chi connectivity index (χ0v) is 18.9. The summed E-state index contributed by atoms with van der Waals surface area (Å²) < 4.78 is 21.5. The van der Waals surface area contributed by atoms with Gasteiger partial charge in [-0.15, -0.1) is 0 Å². The number of ether oxygens (including phenoxy) is 1. The highest BCUT2D eigenvalue weighted by molar-refractivity contribution is 7.32. The lowest BCUT2D eigenvalue weighted by molar-refractivity contribution is 0.407. The summed E-state index contributed by atoms with van der Waals surface area (Å²) in [5.74, 6) is 0.650. The van der Waals surface area contributed by atoms with Gasteiger partial charge in [0.1, 0.15) is 11.5 Å². The highest BCUT2D eigenvalue weighted by Gasteiger charge is 2.12. The third-order valence-electron chi connectivity index (χ3n) is 5.08. The number of fused-ring (bicyclic) bond motifs is 1. The molecule has 0 bridgehead atoms. The first-order valence-corrected chi connectivity index (χ1v) is 11.7. The molecule has 5 aromatic rings. The molecule has 164 valence electrons. The van der Waals surface area contributed by atoms with Crippen molar-refractivity contribution in [1.82, 2.24) is 9.97 Å². The zero-order valence-electron chi connectivity index (χ0n) is 17.2. The van der Waals surface area contributed by atoms with Crippen molar-refractivity contribution in [1.29, 1.82) is 0 Å². The maximum Gasteiger partial charge on any atom is 0.365 e. The van der Waals surface area contributed by atoms with Gasteiger partial charge >= 0.3 is 8.25 Å². The Morgan fingerprint density at radius 1 is 0.818 bits per heavy atom. The summed E-state index contributed by atoms with van der Waals surface area (Å²) in [5.41, 5.74) is 5.56. The lowest BCUT2D eigenvalue weighted by Gasteiger charge is -2.07. The molecule has 1 atom stereocenters. The number of halogens is 1. The van der Waals surface area contributed by atoms with E-state index in [-0.39, 0.29) is 11.8 Å². The predicted octanol–water partition coefficient (Wildman–Crippen LogP) is 7.10. The van der Waals surface area contributed by atoms with Crippen molar-refractivity contribution in [3.05, 3.63) is 96.0 Å². The van der Waals surface area contributed by atoms with Crippen LogP contribution in [0.5, 0.6) is 17.5 Å². The van der Waals surface area contributed by atoms with Gasteiger partial charge in [0.15, 0.2) is 0 Å². The Balaban J connectivity index is 1.42. The first-order valence-electron chi connectivity index (χ1n) is 10.1. The maximum atomic E-state index is 10.9. The largest absolute Gasteiger partial charge is 0.426 e. The molecule has 4 aromatic carbocycles. The van der Waals surface area contributed by atoms with Gasteiger partial charge in [-0.1, -0.05) is 72.3 Å². The summed E-state index contributed by atoms with van der Waals surface area (Å²) in [4.78, 5) is 16.6. The summed E-state index contributed by atoms with van der Waals surface area (Å²) >= 11 is 6.58. The minimum Gasteiger partial charge on any atom is -0.426 e. The Hall–Kier alpha value is -3.57. The van der Waals surface area contributed by atoms with Gasteiger partial charge in [-0.2, -0.15) is 4.98 Å². The third-order valence-corrected chi connectivity index (χ3v) is 5.80. The molecule has 5 rings (SSSR count). The highest BCUT2D eigenvalue weighted by Crippen LogP contribution is 2.34.